The zero-order valence-electron chi connectivity index (χ0n) is 11.5. The first kappa shape index (κ1) is 14.3. The van der Waals surface area contributed by atoms with Crippen LogP contribution in [0.1, 0.15) is 12.0 Å². The van der Waals surface area contributed by atoms with Crippen LogP contribution >= 0.6 is 0 Å². The SMILES string of the molecule is Nc1cccc(OCCOCCCc2ccncc2)c1. The predicted octanol–water partition coefficient (Wildman–Crippen LogP) is 2.69. The van der Waals surface area contributed by atoms with Crippen LogP contribution in [0.3, 0.4) is 0 Å². The Bertz CT molecular complexity index is 503. The van der Waals surface area contributed by atoms with Gasteiger partial charge in [0, 0.05) is 30.8 Å². The highest BCUT2D eigenvalue weighted by Gasteiger charge is 1.95. The summed E-state index contributed by atoms with van der Waals surface area (Å²) in [6.07, 6.45) is 5.64. The van der Waals surface area contributed by atoms with Crippen LogP contribution in [0.2, 0.25) is 0 Å². The second kappa shape index (κ2) is 8.17. The van der Waals surface area contributed by atoms with Gasteiger partial charge in [0.15, 0.2) is 0 Å². The van der Waals surface area contributed by atoms with Crippen LogP contribution in [0.4, 0.5) is 5.69 Å². The molecular weight excluding hydrogens is 252 g/mol. The Morgan fingerprint density at radius 2 is 1.85 bits per heavy atom. The molecule has 0 aliphatic rings. The van der Waals surface area contributed by atoms with Gasteiger partial charge in [-0.2, -0.15) is 0 Å². The first-order valence-electron chi connectivity index (χ1n) is 6.79. The van der Waals surface area contributed by atoms with E-state index >= 15 is 0 Å². The maximum Gasteiger partial charge on any atom is 0.121 e. The Labute approximate surface area is 119 Å². The van der Waals surface area contributed by atoms with Crippen LogP contribution in [-0.2, 0) is 11.2 Å². The van der Waals surface area contributed by atoms with E-state index in [1.807, 2.05) is 48.8 Å². The molecule has 1 aromatic carbocycles. The van der Waals surface area contributed by atoms with Gasteiger partial charge in [-0.1, -0.05) is 6.07 Å². The largest absolute Gasteiger partial charge is 0.491 e. The average molecular weight is 272 g/mol. The molecule has 2 rings (SSSR count). The lowest BCUT2D eigenvalue weighted by Gasteiger charge is -2.07. The number of rotatable bonds is 8. The minimum atomic E-state index is 0.540. The topological polar surface area (TPSA) is 57.4 Å². The summed E-state index contributed by atoms with van der Waals surface area (Å²) in [5.74, 6) is 0.783. The first-order chi connectivity index (χ1) is 9.84. The summed E-state index contributed by atoms with van der Waals surface area (Å²) in [5, 5.41) is 0. The third kappa shape index (κ3) is 5.28. The quantitative estimate of drug-likeness (QED) is 0.593. The Hall–Kier alpha value is -2.07. The van der Waals surface area contributed by atoms with Gasteiger partial charge in [-0.05, 0) is 42.7 Å². The van der Waals surface area contributed by atoms with Crippen molar-refractivity contribution in [2.45, 2.75) is 12.8 Å². The van der Waals surface area contributed by atoms with Crippen molar-refractivity contribution in [1.82, 2.24) is 4.98 Å². The van der Waals surface area contributed by atoms with Crippen molar-refractivity contribution < 1.29 is 9.47 Å². The summed E-state index contributed by atoms with van der Waals surface area (Å²) in [4.78, 5) is 3.99. The van der Waals surface area contributed by atoms with Gasteiger partial charge in [0.05, 0.1) is 6.61 Å². The normalized spacial score (nSPS) is 10.4. The minimum Gasteiger partial charge on any atom is -0.491 e. The van der Waals surface area contributed by atoms with E-state index in [0.717, 1.165) is 25.2 Å². The Kier molecular flexibility index (Phi) is 5.86. The van der Waals surface area contributed by atoms with Gasteiger partial charge in [-0.15, -0.1) is 0 Å². The zero-order chi connectivity index (χ0) is 14.0. The fraction of sp³-hybridized carbons (Fsp3) is 0.312. The zero-order valence-corrected chi connectivity index (χ0v) is 11.5. The molecule has 2 aromatic rings. The second-order valence-corrected chi connectivity index (χ2v) is 4.49. The molecule has 0 unspecified atom stereocenters. The van der Waals surface area contributed by atoms with Crippen molar-refractivity contribution in [3.05, 3.63) is 54.4 Å². The van der Waals surface area contributed by atoms with Crippen LogP contribution in [-0.4, -0.2) is 24.8 Å². The molecule has 0 bridgehead atoms. The smallest absolute Gasteiger partial charge is 0.121 e. The number of nitrogens with two attached hydrogens (primary N) is 1. The van der Waals surface area contributed by atoms with Crippen LogP contribution in [0.25, 0.3) is 0 Å². The highest BCUT2D eigenvalue weighted by Crippen LogP contribution is 2.14. The van der Waals surface area contributed by atoms with Gasteiger partial charge in [-0.25, -0.2) is 0 Å². The van der Waals surface area contributed by atoms with Gasteiger partial charge in [0.25, 0.3) is 0 Å². The molecule has 0 aliphatic heterocycles. The first-order valence-corrected chi connectivity index (χ1v) is 6.79. The molecule has 2 N–H and O–H groups in total. The van der Waals surface area contributed by atoms with Crippen LogP contribution in [0.15, 0.2) is 48.8 Å². The van der Waals surface area contributed by atoms with E-state index in [4.69, 9.17) is 15.2 Å². The van der Waals surface area contributed by atoms with Crippen molar-refractivity contribution in [1.29, 1.82) is 0 Å². The minimum absolute atomic E-state index is 0.540. The van der Waals surface area contributed by atoms with Gasteiger partial charge >= 0.3 is 0 Å². The lowest BCUT2D eigenvalue weighted by atomic mass is 10.1. The third-order valence-electron chi connectivity index (χ3n) is 2.86. The van der Waals surface area contributed by atoms with Crippen molar-refractivity contribution in [2.75, 3.05) is 25.6 Å². The van der Waals surface area contributed by atoms with E-state index in [0.29, 0.717) is 18.9 Å². The third-order valence-corrected chi connectivity index (χ3v) is 2.86. The van der Waals surface area contributed by atoms with Crippen molar-refractivity contribution in [2.24, 2.45) is 0 Å². The van der Waals surface area contributed by atoms with Crippen LogP contribution < -0.4 is 10.5 Å². The summed E-state index contributed by atoms with van der Waals surface area (Å²) in [6, 6.07) is 11.5. The number of aromatic nitrogens is 1. The molecular formula is C16H20N2O2. The number of nitrogens with zero attached hydrogens (tertiary/aromatic N) is 1. The van der Waals surface area contributed by atoms with Crippen molar-refractivity contribution >= 4 is 5.69 Å². The molecule has 106 valence electrons. The highest BCUT2D eigenvalue weighted by atomic mass is 16.5. The number of hydrogen-bond acceptors (Lipinski definition) is 4. The molecule has 0 saturated carbocycles. The van der Waals surface area contributed by atoms with Gasteiger partial charge in [0.2, 0.25) is 0 Å². The number of benzene rings is 1. The van der Waals surface area contributed by atoms with Gasteiger partial charge in [0.1, 0.15) is 12.4 Å². The summed E-state index contributed by atoms with van der Waals surface area (Å²) in [5.41, 5.74) is 7.67. The van der Waals surface area contributed by atoms with Crippen LogP contribution in [0, 0.1) is 0 Å². The molecule has 4 nitrogen and oxygen atoms in total. The number of hydrogen-bond donors (Lipinski definition) is 1. The second-order valence-electron chi connectivity index (χ2n) is 4.49. The summed E-state index contributed by atoms with van der Waals surface area (Å²) < 4.78 is 11.1. The Balaban J connectivity index is 1.52. The average Bonchev–Trinajstić information content (AvgIpc) is 2.47. The molecule has 4 heteroatoms. The van der Waals surface area contributed by atoms with E-state index in [-0.39, 0.29) is 0 Å². The fourth-order valence-electron chi connectivity index (χ4n) is 1.85. The molecule has 0 radical (unpaired) electrons. The highest BCUT2D eigenvalue weighted by molar-refractivity contribution is 5.43. The van der Waals surface area contributed by atoms with E-state index in [9.17, 15) is 0 Å². The van der Waals surface area contributed by atoms with E-state index in [1.165, 1.54) is 5.56 Å². The molecule has 0 atom stereocenters. The van der Waals surface area contributed by atoms with Gasteiger partial charge < -0.3 is 15.2 Å². The molecule has 1 heterocycles. The standard InChI is InChI=1S/C16H20N2O2/c17-15-4-1-5-16(13-15)20-12-11-19-10-2-3-14-6-8-18-9-7-14/h1,4-9,13H,2-3,10-12,17H2. The molecule has 0 fully saturated rings. The van der Waals surface area contributed by atoms with Gasteiger partial charge in [-0.3, -0.25) is 4.98 Å². The molecule has 20 heavy (non-hydrogen) atoms. The predicted molar refractivity (Wildman–Crippen MR) is 79.7 cm³/mol. The summed E-state index contributed by atoms with van der Waals surface area (Å²) >= 11 is 0. The molecule has 0 aliphatic carbocycles. The lowest BCUT2D eigenvalue weighted by Crippen LogP contribution is -2.08. The number of nitrogen functional groups attached to an aromatic ring is 1. The van der Waals surface area contributed by atoms with Crippen LogP contribution in [0.5, 0.6) is 5.75 Å². The summed E-state index contributed by atoms with van der Waals surface area (Å²) in [6.45, 7) is 1.87. The lowest BCUT2D eigenvalue weighted by molar-refractivity contribution is 0.0985. The molecule has 0 spiro atoms. The van der Waals surface area contributed by atoms with E-state index in [1.54, 1.807) is 0 Å². The Morgan fingerprint density at radius 3 is 2.65 bits per heavy atom. The Morgan fingerprint density at radius 1 is 1.00 bits per heavy atom. The maximum atomic E-state index is 5.67. The van der Waals surface area contributed by atoms with Crippen molar-refractivity contribution in [3.8, 4) is 5.75 Å². The van der Waals surface area contributed by atoms with Crippen molar-refractivity contribution in [3.63, 3.8) is 0 Å². The fourth-order valence-corrected chi connectivity index (χ4v) is 1.85. The number of aryl methyl sites for hydroxylation is 1. The maximum absolute atomic E-state index is 5.67. The number of ether oxygens (including phenoxy) is 2. The summed E-state index contributed by atoms with van der Waals surface area (Å²) in [7, 11) is 0. The van der Waals surface area contributed by atoms with E-state index in [2.05, 4.69) is 4.98 Å². The van der Waals surface area contributed by atoms with E-state index < -0.39 is 0 Å². The number of anilines is 1. The number of pyridine rings is 1. The molecule has 0 saturated heterocycles. The molecule has 1 aromatic heterocycles. The molecule has 0 amide bonds. The monoisotopic (exact) mass is 272 g/mol.